The van der Waals surface area contributed by atoms with E-state index < -0.39 is 5.97 Å². The van der Waals surface area contributed by atoms with Crippen LogP contribution in [-0.2, 0) is 4.79 Å². The molecule has 86 valence electrons. The van der Waals surface area contributed by atoms with Crippen molar-refractivity contribution < 1.29 is 9.90 Å². The molecule has 0 amide bonds. The molecule has 0 aliphatic heterocycles. The van der Waals surface area contributed by atoms with E-state index in [9.17, 15) is 4.79 Å². The van der Waals surface area contributed by atoms with E-state index in [1.54, 1.807) is 0 Å². The monoisotopic (exact) mass is 214 g/mol. The molecule has 0 aliphatic carbocycles. The molecule has 0 bridgehead atoms. The molecule has 0 unspecified atom stereocenters. The van der Waals surface area contributed by atoms with Gasteiger partial charge in [0.15, 0.2) is 0 Å². The van der Waals surface area contributed by atoms with Gasteiger partial charge in [-0.25, -0.2) is 0 Å². The van der Waals surface area contributed by atoms with Crippen LogP contribution in [0, 0.1) is 5.39 Å². The minimum atomic E-state index is -0.700. The van der Waals surface area contributed by atoms with E-state index >= 15 is 0 Å². The minimum Gasteiger partial charge on any atom is -0.481 e. The molecular weight excluding hydrogens is 194 g/mol. The van der Waals surface area contributed by atoms with Gasteiger partial charge >= 0.3 is 11.1 Å². The quantitative estimate of drug-likeness (QED) is 0.333. The Kier molecular flexibility index (Phi) is 9.83. The molecule has 0 aliphatic rings. The second-order valence-electron chi connectivity index (χ2n) is 3.63. The molecule has 0 rings (SSSR count). The molecule has 0 saturated carbocycles. The van der Waals surface area contributed by atoms with E-state index in [-0.39, 0.29) is 0 Å². The van der Waals surface area contributed by atoms with Crippen molar-refractivity contribution in [3.8, 4) is 0 Å². The van der Waals surface area contributed by atoms with Crippen LogP contribution in [0.25, 0.3) is 5.08 Å². The average Bonchev–Trinajstić information content (AvgIpc) is 2.20. The zero-order valence-corrected chi connectivity index (χ0v) is 9.11. The highest BCUT2D eigenvalue weighted by molar-refractivity contribution is 5.66. The Morgan fingerprint density at radius 3 is 2.13 bits per heavy atom. The fraction of sp³-hybridized carbons (Fsp3) is 0.900. The average molecular weight is 214 g/mol. The molecule has 0 heterocycles. The first-order valence-electron chi connectivity index (χ1n) is 5.56. The lowest BCUT2D eigenvalue weighted by Crippen LogP contribution is -2.03. The number of nitrogens with one attached hydrogen (secondary N) is 1. The van der Waals surface area contributed by atoms with E-state index in [1.807, 2.05) is 0 Å². The van der Waals surface area contributed by atoms with Crippen molar-refractivity contribution in [1.82, 2.24) is 5.43 Å². The van der Waals surface area contributed by atoms with Crippen molar-refractivity contribution >= 4 is 5.97 Å². The van der Waals surface area contributed by atoms with Crippen molar-refractivity contribution in [3.05, 3.63) is 5.08 Å². The summed E-state index contributed by atoms with van der Waals surface area (Å²) in [5, 5.41) is 19.3. The Balaban J connectivity index is 2.93. The van der Waals surface area contributed by atoms with Gasteiger partial charge in [0, 0.05) is 6.42 Å². The largest absolute Gasteiger partial charge is 0.481 e. The number of hydrogen-bond donors (Lipinski definition) is 2. The minimum absolute atomic E-state index is 0.294. The maximum atomic E-state index is 10.2. The van der Waals surface area contributed by atoms with Crippen molar-refractivity contribution in [2.24, 2.45) is 0 Å². The Morgan fingerprint density at radius 2 is 1.60 bits per heavy atom. The van der Waals surface area contributed by atoms with Crippen LogP contribution in [0.3, 0.4) is 0 Å². The third-order valence-corrected chi connectivity index (χ3v) is 2.25. The molecular formula is C10H20N3O2+. The van der Waals surface area contributed by atoms with Crippen molar-refractivity contribution in [1.29, 1.82) is 5.39 Å². The summed E-state index contributed by atoms with van der Waals surface area (Å²) >= 11 is 0. The summed E-state index contributed by atoms with van der Waals surface area (Å²) in [5.74, 6) is -0.700. The molecule has 0 fully saturated rings. The lowest BCUT2D eigenvalue weighted by atomic mass is 10.1. The van der Waals surface area contributed by atoms with Crippen LogP contribution >= 0.6 is 0 Å². The summed E-state index contributed by atoms with van der Waals surface area (Å²) < 4.78 is 0. The molecule has 5 nitrogen and oxygen atoms in total. The highest BCUT2D eigenvalue weighted by Gasteiger charge is 1.97. The fourth-order valence-corrected chi connectivity index (χ4v) is 1.41. The molecule has 0 spiro atoms. The Morgan fingerprint density at radius 1 is 1.07 bits per heavy atom. The second kappa shape index (κ2) is 10.8. The van der Waals surface area contributed by atoms with Gasteiger partial charge in [0.25, 0.3) is 5.39 Å². The third kappa shape index (κ3) is 12.7. The molecule has 0 atom stereocenters. The van der Waals surface area contributed by atoms with Crippen LogP contribution in [0.5, 0.6) is 0 Å². The van der Waals surface area contributed by atoms with Gasteiger partial charge in [-0.1, -0.05) is 32.1 Å². The Bertz CT molecular complexity index is 201. The number of rotatable bonds is 10. The number of unbranched alkanes of at least 4 members (excludes halogenated alkanes) is 6. The topological polar surface area (TPSA) is 77.5 Å². The van der Waals surface area contributed by atoms with Crippen LogP contribution in [0.2, 0.25) is 0 Å². The standard InChI is InChI=1S/C10H19N3O2/c11-13-12-9-7-5-3-1-2-4-6-8-10(14)15/h12H,1-9H2/p+1. The van der Waals surface area contributed by atoms with E-state index in [1.165, 1.54) is 6.42 Å². The van der Waals surface area contributed by atoms with Gasteiger partial charge in [-0.2, -0.15) is 0 Å². The molecule has 0 aromatic rings. The fourth-order valence-electron chi connectivity index (χ4n) is 1.41. The first-order chi connectivity index (χ1) is 7.27. The zero-order chi connectivity index (χ0) is 11.4. The number of nitrogens with zero attached hydrogens (tertiary/aromatic N) is 2. The van der Waals surface area contributed by atoms with Gasteiger partial charge in [0.2, 0.25) is 0 Å². The number of carboxylic acid groups (broad SMARTS) is 1. The normalized spacial score (nSPS) is 9.53. The van der Waals surface area contributed by atoms with Gasteiger partial charge in [-0.15, -0.1) is 0 Å². The SMILES string of the molecule is N#[N+]NCCCCCCCCCC(=O)O. The number of carboxylic acids is 1. The van der Waals surface area contributed by atoms with Gasteiger partial charge in [0.05, 0.1) is 6.54 Å². The molecule has 0 radical (unpaired) electrons. The van der Waals surface area contributed by atoms with Crippen molar-refractivity contribution in [2.45, 2.75) is 51.4 Å². The van der Waals surface area contributed by atoms with Crippen LogP contribution in [-0.4, -0.2) is 17.6 Å². The van der Waals surface area contributed by atoms with Gasteiger partial charge < -0.3 is 5.11 Å². The maximum Gasteiger partial charge on any atom is 0.303 e. The summed E-state index contributed by atoms with van der Waals surface area (Å²) in [5.41, 5.74) is 2.49. The first kappa shape index (κ1) is 13.7. The molecule has 2 N–H and O–H groups in total. The number of carbonyl (C=O) groups is 1. The Labute approximate surface area is 90.5 Å². The molecule has 0 aromatic heterocycles. The van der Waals surface area contributed by atoms with Crippen LogP contribution < -0.4 is 5.43 Å². The van der Waals surface area contributed by atoms with Gasteiger partial charge in [0.1, 0.15) is 0 Å². The second-order valence-corrected chi connectivity index (χ2v) is 3.63. The molecule has 15 heavy (non-hydrogen) atoms. The van der Waals surface area contributed by atoms with E-state index in [0.29, 0.717) is 6.42 Å². The summed E-state index contributed by atoms with van der Waals surface area (Å²) in [6, 6.07) is 0. The molecule has 5 heteroatoms. The highest BCUT2D eigenvalue weighted by Crippen LogP contribution is 2.08. The van der Waals surface area contributed by atoms with Crippen LogP contribution in [0.1, 0.15) is 51.4 Å². The zero-order valence-electron chi connectivity index (χ0n) is 9.11. The summed E-state index contributed by atoms with van der Waals surface area (Å²) in [4.78, 5) is 10.2. The van der Waals surface area contributed by atoms with Gasteiger partial charge in [-0.3, -0.25) is 4.79 Å². The van der Waals surface area contributed by atoms with E-state index in [0.717, 1.165) is 45.1 Å². The van der Waals surface area contributed by atoms with Crippen molar-refractivity contribution in [2.75, 3.05) is 6.54 Å². The third-order valence-electron chi connectivity index (χ3n) is 2.25. The van der Waals surface area contributed by atoms with E-state index in [4.69, 9.17) is 10.5 Å². The van der Waals surface area contributed by atoms with Crippen LogP contribution in [0.15, 0.2) is 0 Å². The first-order valence-corrected chi connectivity index (χ1v) is 5.56. The number of aliphatic carboxylic acids is 1. The highest BCUT2D eigenvalue weighted by atomic mass is 16.4. The number of hydrogen-bond acceptors (Lipinski definition) is 3. The predicted octanol–water partition coefficient (Wildman–Crippen LogP) is 2.55. The lowest BCUT2D eigenvalue weighted by molar-refractivity contribution is -0.137. The Hall–Kier alpha value is -1.31. The smallest absolute Gasteiger partial charge is 0.303 e. The van der Waals surface area contributed by atoms with Crippen LogP contribution in [0.4, 0.5) is 0 Å². The van der Waals surface area contributed by atoms with E-state index in [2.05, 4.69) is 10.5 Å². The number of diazo groups is 1. The molecule has 0 saturated heterocycles. The van der Waals surface area contributed by atoms with Crippen molar-refractivity contribution in [3.63, 3.8) is 0 Å². The maximum absolute atomic E-state index is 10.2. The summed E-state index contributed by atoms with van der Waals surface area (Å²) in [6.45, 7) is 0.718. The van der Waals surface area contributed by atoms with Gasteiger partial charge in [-0.05, 0) is 18.3 Å². The summed E-state index contributed by atoms with van der Waals surface area (Å²) in [7, 11) is 0. The molecule has 0 aromatic carbocycles. The lowest BCUT2D eigenvalue weighted by Gasteiger charge is -1.99. The summed E-state index contributed by atoms with van der Waals surface area (Å²) in [6.07, 6.45) is 7.68. The predicted molar refractivity (Wildman–Crippen MR) is 57.7 cm³/mol.